The molecule has 1 aromatic rings. The summed E-state index contributed by atoms with van der Waals surface area (Å²) < 4.78 is 5.81. The number of piperidine rings is 1. The summed E-state index contributed by atoms with van der Waals surface area (Å²) in [6, 6.07) is 2.21. The summed E-state index contributed by atoms with van der Waals surface area (Å²) in [6.07, 6.45) is 4.76. The van der Waals surface area contributed by atoms with Crippen LogP contribution in [-0.2, 0) is 11.3 Å². The molecule has 1 unspecified atom stereocenters. The Morgan fingerprint density at radius 2 is 2.30 bits per heavy atom. The minimum atomic E-state index is 0.370. The first-order valence-electron chi connectivity index (χ1n) is 7.77. The number of ether oxygens (including phenoxy) is 1. The molecule has 2 rings (SSSR count). The van der Waals surface area contributed by atoms with Gasteiger partial charge < -0.3 is 15.0 Å². The predicted octanol–water partition coefficient (Wildman–Crippen LogP) is 2.50. The highest BCUT2D eigenvalue weighted by Gasteiger charge is 2.22. The summed E-state index contributed by atoms with van der Waals surface area (Å²) in [5.74, 6) is 0. The van der Waals surface area contributed by atoms with Crippen molar-refractivity contribution >= 4 is 5.69 Å². The van der Waals surface area contributed by atoms with Gasteiger partial charge in [-0.3, -0.25) is 4.98 Å². The van der Waals surface area contributed by atoms with Gasteiger partial charge in [0.25, 0.3) is 0 Å². The quantitative estimate of drug-likeness (QED) is 0.867. The third-order valence-corrected chi connectivity index (χ3v) is 3.79. The van der Waals surface area contributed by atoms with Crippen LogP contribution in [0.2, 0.25) is 0 Å². The average Bonchev–Trinajstić information content (AvgIpc) is 2.46. The van der Waals surface area contributed by atoms with Crippen molar-refractivity contribution < 1.29 is 4.74 Å². The standard InChI is InChI=1S/C16H27N3O/c1-4-17-10-14-11-18-13(3)9-16(14)19-8-6-7-15(12-19)20-5-2/h9,11,15,17H,4-8,10,12H2,1-3H3. The van der Waals surface area contributed by atoms with Crippen LogP contribution in [0.1, 0.15) is 37.9 Å². The topological polar surface area (TPSA) is 37.4 Å². The van der Waals surface area contributed by atoms with Crippen LogP contribution in [0, 0.1) is 6.92 Å². The second kappa shape index (κ2) is 7.60. The molecule has 0 spiro atoms. The number of hydrogen-bond acceptors (Lipinski definition) is 4. The minimum absolute atomic E-state index is 0.370. The lowest BCUT2D eigenvalue weighted by molar-refractivity contribution is 0.0526. The summed E-state index contributed by atoms with van der Waals surface area (Å²) in [4.78, 5) is 6.91. The van der Waals surface area contributed by atoms with Crippen LogP contribution in [0.15, 0.2) is 12.3 Å². The molecule has 0 bridgehead atoms. The molecule has 0 radical (unpaired) electrons. The van der Waals surface area contributed by atoms with E-state index >= 15 is 0 Å². The summed E-state index contributed by atoms with van der Waals surface area (Å²) in [5.41, 5.74) is 3.69. The summed E-state index contributed by atoms with van der Waals surface area (Å²) in [5, 5.41) is 3.40. The lowest BCUT2D eigenvalue weighted by Gasteiger charge is -2.35. The fourth-order valence-corrected chi connectivity index (χ4v) is 2.79. The van der Waals surface area contributed by atoms with Gasteiger partial charge in [0.15, 0.2) is 0 Å². The Balaban J connectivity index is 2.14. The second-order valence-corrected chi connectivity index (χ2v) is 5.40. The van der Waals surface area contributed by atoms with E-state index in [1.165, 1.54) is 24.1 Å². The number of nitrogens with one attached hydrogen (secondary N) is 1. The van der Waals surface area contributed by atoms with Crippen LogP contribution < -0.4 is 10.2 Å². The van der Waals surface area contributed by atoms with Crippen LogP contribution in [0.5, 0.6) is 0 Å². The van der Waals surface area contributed by atoms with E-state index in [-0.39, 0.29) is 0 Å². The number of aromatic nitrogens is 1. The summed E-state index contributed by atoms with van der Waals surface area (Å²) >= 11 is 0. The number of aryl methyl sites for hydroxylation is 1. The molecule has 2 heterocycles. The highest BCUT2D eigenvalue weighted by Crippen LogP contribution is 2.25. The number of hydrogen-bond donors (Lipinski definition) is 1. The largest absolute Gasteiger partial charge is 0.377 e. The monoisotopic (exact) mass is 277 g/mol. The first-order valence-corrected chi connectivity index (χ1v) is 7.77. The van der Waals surface area contributed by atoms with Crippen molar-refractivity contribution in [2.45, 2.75) is 46.3 Å². The highest BCUT2D eigenvalue weighted by atomic mass is 16.5. The zero-order valence-corrected chi connectivity index (χ0v) is 13.0. The molecule has 1 N–H and O–H groups in total. The Bertz CT molecular complexity index is 420. The molecule has 1 atom stereocenters. The van der Waals surface area contributed by atoms with E-state index in [0.29, 0.717) is 6.10 Å². The van der Waals surface area contributed by atoms with E-state index in [9.17, 15) is 0 Å². The fourth-order valence-electron chi connectivity index (χ4n) is 2.79. The molecule has 0 aliphatic carbocycles. The molecule has 4 heteroatoms. The lowest BCUT2D eigenvalue weighted by atomic mass is 10.1. The van der Waals surface area contributed by atoms with Crippen molar-refractivity contribution in [2.75, 3.05) is 31.1 Å². The second-order valence-electron chi connectivity index (χ2n) is 5.40. The van der Waals surface area contributed by atoms with Crippen molar-refractivity contribution in [1.82, 2.24) is 10.3 Å². The van der Waals surface area contributed by atoms with Crippen molar-refractivity contribution in [3.05, 3.63) is 23.5 Å². The zero-order valence-electron chi connectivity index (χ0n) is 13.0. The minimum Gasteiger partial charge on any atom is -0.377 e. The first kappa shape index (κ1) is 15.3. The SMILES string of the molecule is CCNCc1cnc(C)cc1N1CCCC(OCC)C1. The molecule has 1 saturated heterocycles. The number of rotatable bonds is 6. The van der Waals surface area contributed by atoms with E-state index in [1.54, 1.807) is 0 Å². The van der Waals surface area contributed by atoms with E-state index in [0.717, 1.165) is 38.5 Å². The van der Waals surface area contributed by atoms with Gasteiger partial charge in [-0.05, 0) is 39.3 Å². The van der Waals surface area contributed by atoms with Crippen molar-refractivity contribution in [1.29, 1.82) is 0 Å². The molecule has 112 valence electrons. The number of pyridine rings is 1. The molecular weight excluding hydrogens is 250 g/mol. The maximum atomic E-state index is 5.81. The molecule has 4 nitrogen and oxygen atoms in total. The number of anilines is 1. The highest BCUT2D eigenvalue weighted by molar-refractivity contribution is 5.54. The molecule has 0 amide bonds. The third kappa shape index (κ3) is 3.93. The molecular formula is C16H27N3O. The molecule has 20 heavy (non-hydrogen) atoms. The van der Waals surface area contributed by atoms with Crippen LogP contribution in [0.25, 0.3) is 0 Å². The van der Waals surface area contributed by atoms with Crippen LogP contribution in [0.4, 0.5) is 5.69 Å². The lowest BCUT2D eigenvalue weighted by Crippen LogP contribution is -2.40. The molecule has 1 fully saturated rings. The van der Waals surface area contributed by atoms with Gasteiger partial charge in [0.1, 0.15) is 0 Å². The van der Waals surface area contributed by atoms with Gasteiger partial charge in [0.05, 0.1) is 6.10 Å². The van der Waals surface area contributed by atoms with Crippen molar-refractivity contribution in [3.63, 3.8) is 0 Å². The van der Waals surface area contributed by atoms with Gasteiger partial charge in [-0.1, -0.05) is 6.92 Å². The van der Waals surface area contributed by atoms with E-state index in [1.807, 2.05) is 6.20 Å². The van der Waals surface area contributed by atoms with E-state index < -0.39 is 0 Å². The Hall–Kier alpha value is -1.13. The van der Waals surface area contributed by atoms with Gasteiger partial charge in [-0.15, -0.1) is 0 Å². The average molecular weight is 277 g/mol. The molecule has 1 aromatic heterocycles. The summed E-state index contributed by atoms with van der Waals surface area (Å²) in [6.45, 7) is 11.1. The molecule has 0 aromatic carbocycles. The van der Waals surface area contributed by atoms with Gasteiger partial charge in [-0.25, -0.2) is 0 Å². The van der Waals surface area contributed by atoms with Gasteiger partial charge in [-0.2, -0.15) is 0 Å². The smallest absolute Gasteiger partial charge is 0.0750 e. The Labute approximate surface area is 122 Å². The maximum absolute atomic E-state index is 5.81. The van der Waals surface area contributed by atoms with Crippen LogP contribution >= 0.6 is 0 Å². The molecule has 0 saturated carbocycles. The van der Waals surface area contributed by atoms with E-state index in [2.05, 4.69) is 42.0 Å². The molecule has 1 aliphatic rings. The summed E-state index contributed by atoms with van der Waals surface area (Å²) in [7, 11) is 0. The molecule has 1 aliphatic heterocycles. The van der Waals surface area contributed by atoms with Crippen molar-refractivity contribution in [3.8, 4) is 0 Å². The van der Waals surface area contributed by atoms with Gasteiger partial charge in [0.2, 0.25) is 0 Å². The number of nitrogens with zero attached hydrogens (tertiary/aromatic N) is 2. The first-order chi connectivity index (χ1) is 9.74. The van der Waals surface area contributed by atoms with Gasteiger partial charge >= 0.3 is 0 Å². The van der Waals surface area contributed by atoms with Crippen molar-refractivity contribution in [2.24, 2.45) is 0 Å². The van der Waals surface area contributed by atoms with E-state index in [4.69, 9.17) is 4.74 Å². The normalized spacial score (nSPS) is 19.4. The maximum Gasteiger partial charge on any atom is 0.0750 e. The zero-order chi connectivity index (χ0) is 14.4. The Kier molecular flexibility index (Phi) is 5.80. The predicted molar refractivity (Wildman–Crippen MR) is 83.2 cm³/mol. The fraction of sp³-hybridized carbons (Fsp3) is 0.688. The Morgan fingerprint density at radius 3 is 3.05 bits per heavy atom. The Morgan fingerprint density at radius 1 is 1.45 bits per heavy atom. The van der Waals surface area contributed by atoms with Crippen LogP contribution in [0.3, 0.4) is 0 Å². The van der Waals surface area contributed by atoms with Gasteiger partial charge in [0, 0.05) is 49.4 Å². The van der Waals surface area contributed by atoms with Crippen LogP contribution in [-0.4, -0.2) is 37.3 Å². The third-order valence-electron chi connectivity index (χ3n) is 3.79.